The number of pyridine rings is 1. The summed E-state index contributed by atoms with van der Waals surface area (Å²) in [5, 5.41) is 12.0. The standard InChI is InChI=1S/C25H20N4O4.C2HF3O2/c1-29(14-18-5-3-4-12-26-18)25(30)17-8-11-22-20(13-17)23(28-33-22)21-15-32-24(27-21)16-6-9-19(31-2)10-7-16;3-2(4,5)1(6)7/h3-13,15H,14H2,1-2H3;(H,6,7). The second-order valence-electron chi connectivity index (χ2n) is 8.29. The van der Waals surface area contributed by atoms with E-state index >= 15 is 0 Å². The first-order valence-electron chi connectivity index (χ1n) is 11.5. The van der Waals surface area contributed by atoms with Crippen LogP contribution in [-0.2, 0) is 11.3 Å². The summed E-state index contributed by atoms with van der Waals surface area (Å²) in [6.07, 6.45) is -1.85. The maximum atomic E-state index is 13.0. The minimum atomic E-state index is -5.08. The quantitative estimate of drug-likeness (QED) is 0.291. The number of fused-ring (bicyclic) bond motifs is 1. The number of nitrogens with zero attached hydrogens (tertiary/aromatic N) is 4. The molecule has 0 bridgehead atoms. The van der Waals surface area contributed by atoms with Crippen molar-refractivity contribution in [2.75, 3.05) is 14.2 Å². The van der Waals surface area contributed by atoms with Crippen LogP contribution in [0.4, 0.5) is 13.2 Å². The Hall–Kier alpha value is -5.20. The first-order chi connectivity index (χ1) is 19.1. The Balaban J connectivity index is 0.000000470. The molecule has 0 saturated heterocycles. The Bertz CT molecular complexity index is 1620. The average molecular weight is 554 g/mol. The van der Waals surface area contributed by atoms with Crippen LogP contribution in [-0.4, -0.2) is 57.3 Å². The molecule has 1 amide bonds. The SMILES string of the molecule is COc1ccc(-c2nc(-c3noc4ccc(C(=O)N(C)Cc5ccccn5)cc34)co2)cc1.O=C(O)C(F)(F)F. The second kappa shape index (κ2) is 11.7. The minimum Gasteiger partial charge on any atom is -0.497 e. The van der Waals surface area contributed by atoms with Gasteiger partial charge in [-0.15, -0.1) is 0 Å². The molecule has 13 heteroatoms. The Morgan fingerprint density at radius 2 is 1.80 bits per heavy atom. The Labute approximate surface area is 224 Å². The molecule has 3 aromatic heterocycles. The van der Waals surface area contributed by atoms with Crippen LogP contribution in [0.1, 0.15) is 16.1 Å². The van der Waals surface area contributed by atoms with Crippen molar-refractivity contribution in [3.63, 3.8) is 0 Å². The van der Waals surface area contributed by atoms with Crippen molar-refractivity contribution in [2.24, 2.45) is 0 Å². The zero-order valence-electron chi connectivity index (χ0n) is 21.0. The Kier molecular flexibility index (Phi) is 8.12. The fourth-order valence-corrected chi connectivity index (χ4v) is 3.53. The monoisotopic (exact) mass is 554 g/mol. The fourth-order valence-electron chi connectivity index (χ4n) is 3.53. The van der Waals surface area contributed by atoms with E-state index in [9.17, 15) is 18.0 Å². The van der Waals surface area contributed by atoms with Crippen molar-refractivity contribution < 1.29 is 41.5 Å². The van der Waals surface area contributed by atoms with E-state index in [1.807, 2.05) is 42.5 Å². The van der Waals surface area contributed by atoms with Gasteiger partial charge in [-0.05, 0) is 54.6 Å². The molecule has 0 aliphatic heterocycles. The van der Waals surface area contributed by atoms with E-state index < -0.39 is 12.1 Å². The van der Waals surface area contributed by atoms with Crippen LogP contribution in [0.5, 0.6) is 5.75 Å². The van der Waals surface area contributed by atoms with E-state index in [1.54, 1.807) is 43.5 Å². The molecule has 1 N–H and O–H groups in total. The van der Waals surface area contributed by atoms with Gasteiger partial charge in [-0.1, -0.05) is 11.2 Å². The van der Waals surface area contributed by atoms with E-state index in [1.165, 1.54) is 6.26 Å². The largest absolute Gasteiger partial charge is 0.497 e. The molecule has 0 fully saturated rings. The molecule has 0 spiro atoms. The smallest absolute Gasteiger partial charge is 0.490 e. The number of oxazole rings is 1. The molecule has 5 rings (SSSR count). The zero-order valence-corrected chi connectivity index (χ0v) is 21.0. The van der Waals surface area contributed by atoms with E-state index in [4.69, 9.17) is 23.6 Å². The number of rotatable bonds is 6. The molecular formula is C27H21F3N4O6. The van der Waals surface area contributed by atoms with Crippen molar-refractivity contribution in [2.45, 2.75) is 12.7 Å². The summed E-state index contributed by atoms with van der Waals surface area (Å²) in [6.45, 7) is 0.405. The van der Waals surface area contributed by atoms with Gasteiger partial charge in [-0.3, -0.25) is 9.78 Å². The molecular weight excluding hydrogens is 533 g/mol. The predicted molar refractivity (Wildman–Crippen MR) is 135 cm³/mol. The van der Waals surface area contributed by atoms with Crippen molar-refractivity contribution in [3.05, 3.63) is 84.4 Å². The van der Waals surface area contributed by atoms with Crippen LogP contribution in [0.15, 0.2) is 82.1 Å². The number of halogens is 3. The predicted octanol–water partition coefficient (Wildman–Crippen LogP) is 5.46. The molecule has 3 heterocycles. The lowest BCUT2D eigenvalue weighted by atomic mass is 10.1. The van der Waals surface area contributed by atoms with Crippen LogP contribution in [0.25, 0.3) is 33.8 Å². The summed E-state index contributed by atoms with van der Waals surface area (Å²) in [4.78, 5) is 32.4. The number of hydrogen-bond donors (Lipinski definition) is 1. The maximum Gasteiger partial charge on any atom is 0.490 e. The van der Waals surface area contributed by atoms with Gasteiger partial charge >= 0.3 is 12.1 Å². The number of carboxylic acids is 1. The molecule has 0 saturated carbocycles. The summed E-state index contributed by atoms with van der Waals surface area (Å²) in [7, 11) is 3.36. The van der Waals surface area contributed by atoms with Crippen LogP contribution >= 0.6 is 0 Å². The molecule has 10 nitrogen and oxygen atoms in total. The van der Waals surface area contributed by atoms with Gasteiger partial charge in [-0.25, -0.2) is 9.78 Å². The van der Waals surface area contributed by atoms with Crippen LogP contribution in [0.2, 0.25) is 0 Å². The number of carboxylic acid groups (broad SMARTS) is 1. The lowest BCUT2D eigenvalue weighted by Gasteiger charge is -2.16. The summed E-state index contributed by atoms with van der Waals surface area (Å²) >= 11 is 0. The number of ether oxygens (including phenoxy) is 1. The number of amides is 1. The molecule has 2 aromatic carbocycles. The van der Waals surface area contributed by atoms with E-state index in [2.05, 4.69) is 15.1 Å². The summed E-state index contributed by atoms with van der Waals surface area (Å²) in [6, 6.07) is 18.3. The number of carbonyl (C=O) groups excluding carboxylic acids is 1. The third-order valence-electron chi connectivity index (χ3n) is 5.52. The number of benzene rings is 2. The van der Waals surface area contributed by atoms with Gasteiger partial charge in [0.15, 0.2) is 5.58 Å². The van der Waals surface area contributed by atoms with Crippen molar-refractivity contribution in [1.29, 1.82) is 0 Å². The summed E-state index contributed by atoms with van der Waals surface area (Å²) in [5.41, 5.74) is 3.73. The van der Waals surface area contributed by atoms with Crippen molar-refractivity contribution in [3.8, 4) is 28.6 Å². The molecule has 5 aromatic rings. The van der Waals surface area contributed by atoms with Gasteiger partial charge in [0.1, 0.15) is 23.4 Å². The van der Waals surface area contributed by atoms with Gasteiger partial charge < -0.3 is 23.7 Å². The number of methoxy groups -OCH3 is 1. The molecule has 0 atom stereocenters. The van der Waals surface area contributed by atoms with E-state index in [0.717, 1.165) is 17.0 Å². The van der Waals surface area contributed by atoms with Crippen LogP contribution in [0, 0.1) is 0 Å². The highest BCUT2D eigenvalue weighted by atomic mass is 19.4. The zero-order chi connectivity index (χ0) is 28.9. The number of hydrogen-bond acceptors (Lipinski definition) is 8. The molecule has 40 heavy (non-hydrogen) atoms. The normalized spacial score (nSPS) is 11.0. The lowest BCUT2D eigenvalue weighted by molar-refractivity contribution is -0.192. The molecule has 0 aliphatic carbocycles. The third kappa shape index (κ3) is 6.43. The molecule has 206 valence electrons. The minimum absolute atomic E-state index is 0.131. The van der Waals surface area contributed by atoms with E-state index in [0.29, 0.717) is 40.4 Å². The fraction of sp³-hybridized carbons (Fsp3) is 0.148. The Morgan fingerprint density at radius 1 is 1.07 bits per heavy atom. The third-order valence-corrected chi connectivity index (χ3v) is 5.52. The lowest BCUT2D eigenvalue weighted by Crippen LogP contribution is -2.26. The first-order valence-corrected chi connectivity index (χ1v) is 11.5. The maximum absolute atomic E-state index is 13.0. The highest BCUT2D eigenvalue weighted by Gasteiger charge is 2.38. The van der Waals surface area contributed by atoms with Gasteiger partial charge in [0.25, 0.3) is 5.91 Å². The molecule has 0 radical (unpaired) electrons. The summed E-state index contributed by atoms with van der Waals surface area (Å²) < 4.78 is 48.0. The average Bonchev–Trinajstić information content (AvgIpc) is 3.60. The number of aliphatic carboxylic acids is 1. The number of carbonyl (C=O) groups is 2. The highest BCUT2D eigenvalue weighted by Crippen LogP contribution is 2.31. The second-order valence-corrected chi connectivity index (χ2v) is 8.29. The van der Waals surface area contributed by atoms with Gasteiger partial charge in [0.05, 0.1) is 24.7 Å². The van der Waals surface area contributed by atoms with Gasteiger partial charge in [-0.2, -0.15) is 13.2 Å². The number of alkyl halides is 3. The molecule has 0 unspecified atom stereocenters. The van der Waals surface area contributed by atoms with Gasteiger partial charge in [0.2, 0.25) is 5.89 Å². The van der Waals surface area contributed by atoms with Crippen molar-refractivity contribution in [1.82, 2.24) is 20.0 Å². The van der Waals surface area contributed by atoms with Crippen LogP contribution < -0.4 is 4.74 Å². The first kappa shape index (κ1) is 27.8. The van der Waals surface area contributed by atoms with Crippen LogP contribution in [0.3, 0.4) is 0 Å². The Morgan fingerprint density at radius 3 is 2.42 bits per heavy atom. The molecule has 0 aliphatic rings. The topological polar surface area (TPSA) is 132 Å². The van der Waals surface area contributed by atoms with Gasteiger partial charge in [0, 0.05) is 24.4 Å². The number of aromatic nitrogens is 3. The highest BCUT2D eigenvalue weighted by molar-refractivity contribution is 6.00. The summed E-state index contributed by atoms with van der Waals surface area (Å²) in [5.74, 6) is -1.69. The van der Waals surface area contributed by atoms with Crippen molar-refractivity contribution >= 4 is 22.8 Å². The van der Waals surface area contributed by atoms with E-state index in [-0.39, 0.29) is 5.91 Å².